The summed E-state index contributed by atoms with van der Waals surface area (Å²) in [6.07, 6.45) is 2.31. The summed E-state index contributed by atoms with van der Waals surface area (Å²) >= 11 is 0. The Bertz CT molecular complexity index is 955. The Kier molecular flexibility index (Phi) is 4.71. The number of sulfone groups is 1. The average molecular weight is 392 g/mol. The highest BCUT2D eigenvalue weighted by Gasteiger charge is 2.30. The number of carbonyl (C=O) groups is 1. The van der Waals surface area contributed by atoms with Crippen LogP contribution in [0.25, 0.3) is 0 Å². The molecule has 3 heterocycles. The number of fused-ring (bicyclic) bond motifs is 1. The molecule has 9 heteroatoms. The van der Waals surface area contributed by atoms with Gasteiger partial charge in [0.15, 0.2) is 9.84 Å². The van der Waals surface area contributed by atoms with Crippen molar-refractivity contribution in [1.82, 2.24) is 14.8 Å². The monoisotopic (exact) mass is 392 g/mol. The molecule has 2 atom stereocenters. The molecule has 1 aromatic carbocycles. The van der Waals surface area contributed by atoms with Crippen LogP contribution >= 0.6 is 0 Å². The van der Waals surface area contributed by atoms with Gasteiger partial charge in [0.05, 0.1) is 11.5 Å². The third kappa shape index (κ3) is 4.18. The summed E-state index contributed by atoms with van der Waals surface area (Å²) < 4.78 is 37.9. The molecule has 1 amide bonds. The van der Waals surface area contributed by atoms with Gasteiger partial charge < -0.3 is 0 Å². The Morgan fingerprint density at radius 3 is 2.74 bits per heavy atom. The number of benzene rings is 1. The van der Waals surface area contributed by atoms with Crippen molar-refractivity contribution in [2.75, 3.05) is 16.8 Å². The zero-order valence-electron chi connectivity index (χ0n) is 14.8. The van der Waals surface area contributed by atoms with Crippen LogP contribution in [0.1, 0.15) is 36.6 Å². The molecule has 144 valence electrons. The predicted molar refractivity (Wildman–Crippen MR) is 97.5 cm³/mol. The second-order valence-corrected chi connectivity index (χ2v) is 9.57. The lowest BCUT2D eigenvalue weighted by molar-refractivity contribution is -0.116. The number of hydrogen-bond donors (Lipinski definition) is 1. The number of rotatable bonds is 4. The number of aromatic nitrogens is 3. The summed E-state index contributed by atoms with van der Waals surface area (Å²) in [5.41, 5.74) is 1.06. The Morgan fingerprint density at radius 1 is 1.26 bits per heavy atom. The van der Waals surface area contributed by atoms with Crippen molar-refractivity contribution < 1.29 is 17.6 Å². The molecular formula is C18H21FN4O3S. The molecule has 0 radical (unpaired) electrons. The first-order valence-corrected chi connectivity index (χ1v) is 10.9. The minimum atomic E-state index is -2.99. The van der Waals surface area contributed by atoms with E-state index in [0.717, 1.165) is 24.2 Å². The van der Waals surface area contributed by atoms with Gasteiger partial charge in [-0.3, -0.25) is 10.1 Å². The quantitative estimate of drug-likeness (QED) is 0.858. The van der Waals surface area contributed by atoms with Crippen molar-refractivity contribution >= 4 is 21.7 Å². The Hall–Kier alpha value is -2.29. The van der Waals surface area contributed by atoms with Crippen LogP contribution in [0, 0.1) is 11.7 Å². The van der Waals surface area contributed by atoms with E-state index in [0.29, 0.717) is 13.0 Å². The minimum absolute atomic E-state index is 0.0763. The zero-order chi connectivity index (χ0) is 19.0. The lowest BCUT2D eigenvalue weighted by Gasteiger charge is -2.22. The Balaban J connectivity index is 1.38. The molecule has 7 nitrogen and oxygen atoms in total. The van der Waals surface area contributed by atoms with E-state index in [1.807, 2.05) is 0 Å². The molecule has 4 rings (SSSR count). The van der Waals surface area contributed by atoms with Crippen molar-refractivity contribution in [3.63, 3.8) is 0 Å². The fourth-order valence-corrected chi connectivity index (χ4v) is 5.70. The van der Waals surface area contributed by atoms with Crippen molar-refractivity contribution in [3.05, 3.63) is 41.5 Å². The molecule has 0 aliphatic carbocycles. The van der Waals surface area contributed by atoms with Crippen LogP contribution in [-0.4, -0.2) is 40.6 Å². The minimum Gasteiger partial charge on any atom is -0.293 e. The summed E-state index contributed by atoms with van der Waals surface area (Å²) in [4.78, 5) is 16.6. The normalized spacial score (nSPS) is 23.7. The third-order valence-corrected chi connectivity index (χ3v) is 7.09. The van der Waals surface area contributed by atoms with Crippen LogP contribution in [0.2, 0.25) is 0 Å². The molecule has 2 aromatic rings. The van der Waals surface area contributed by atoms with E-state index in [9.17, 15) is 17.6 Å². The molecular weight excluding hydrogens is 371 g/mol. The van der Waals surface area contributed by atoms with Crippen molar-refractivity contribution in [2.45, 2.75) is 38.1 Å². The number of aryl methyl sites for hydroxylation is 1. The summed E-state index contributed by atoms with van der Waals surface area (Å²) in [6.45, 7) is 0.630. The summed E-state index contributed by atoms with van der Waals surface area (Å²) in [7, 11) is -2.99. The van der Waals surface area contributed by atoms with Crippen LogP contribution in [0.15, 0.2) is 24.3 Å². The largest absolute Gasteiger partial charge is 0.293 e. The van der Waals surface area contributed by atoms with E-state index < -0.39 is 9.84 Å². The molecule has 0 bridgehead atoms. The first kappa shape index (κ1) is 18.1. The predicted octanol–water partition coefficient (Wildman–Crippen LogP) is 1.91. The number of carbonyl (C=O) groups excluding carboxylic acids is 1. The highest BCUT2D eigenvalue weighted by molar-refractivity contribution is 7.91. The molecule has 1 N–H and O–H groups in total. The van der Waals surface area contributed by atoms with Crippen LogP contribution in [-0.2, 0) is 27.6 Å². The van der Waals surface area contributed by atoms with Crippen molar-refractivity contribution in [3.8, 4) is 0 Å². The van der Waals surface area contributed by atoms with Gasteiger partial charge in [-0.1, -0.05) is 12.1 Å². The van der Waals surface area contributed by atoms with Gasteiger partial charge in [-0.25, -0.2) is 17.5 Å². The van der Waals surface area contributed by atoms with E-state index in [2.05, 4.69) is 15.4 Å². The maximum atomic E-state index is 13.1. The van der Waals surface area contributed by atoms with Gasteiger partial charge >= 0.3 is 0 Å². The molecule has 2 unspecified atom stereocenters. The first-order chi connectivity index (χ1) is 12.9. The van der Waals surface area contributed by atoms with E-state index in [-0.39, 0.29) is 47.4 Å². The summed E-state index contributed by atoms with van der Waals surface area (Å²) in [5.74, 6) is 0.899. The standard InChI is InChI=1S/C18H21FN4O3S/c19-15-4-1-13(2-5-15)14-3-6-16-20-18(22-23(16)10-14)21-17(24)9-12-7-8-27(25,26)11-12/h1-2,4-5,12,14H,3,6-11H2,(H,21,22,24). The Labute approximate surface area is 156 Å². The number of nitrogens with one attached hydrogen (secondary N) is 1. The smallest absolute Gasteiger partial charge is 0.248 e. The van der Waals surface area contributed by atoms with Gasteiger partial charge in [0.1, 0.15) is 11.6 Å². The molecule has 27 heavy (non-hydrogen) atoms. The summed E-state index contributed by atoms with van der Waals surface area (Å²) in [5, 5.41) is 7.06. The molecule has 1 fully saturated rings. The van der Waals surface area contributed by atoms with Gasteiger partial charge in [0, 0.05) is 25.3 Å². The fraction of sp³-hybridized carbons (Fsp3) is 0.500. The van der Waals surface area contributed by atoms with Crippen LogP contribution in [0.3, 0.4) is 0 Å². The van der Waals surface area contributed by atoms with Gasteiger partial charge in [-0.15, -0.1) is 5.10 Å². The Morgan fingerprint density at radius 2 is 2.04 bits per heavy atom. The van der Waals surface area contributed by atoms with Crippen LogP contribution < -0.4 is 5.32 Å². The maximum Gasteiger partial charge on any atom is 0.248 e. The van der Waals surface area contributed by atoms with E-state index in [4.69, 9.17) is 0 Å². The van der Waals surface area contributed by atoms with Crippen molar-refractivity contribution in [1.29, 1.82) is 0 Å². The maximum absolute atomic E-state index is 13.1. The highest BCUT2D eigenvalue weighted by atomic mass is 32.2. The van der Waals surface area contributed by atoms with E-state index in [1.54, 1.807) is 16.8 Å². The summed E-state index contributed by atoms with van der Waals surface area (Å²) in [6, 6.07) is 6.50. The van der Waals surface area contributed by atoms with Crippen molar-refractivity contribution in [2.24, 2.45) is 5.92 Å². The van der Waals surface area contributed by atoms with Gasteiger partial charge in [0.2, 0.25) is 11.9 Å². The number of nitrogens with zero attached hydrogens (tertiary/aromatic N) is 3. The average Bonchev–Trinajstić information content (AvgIpc) is 3.16. The zero-order valence-corrected chi connectivity index (χ0v) is 15.6. The lowest BCUT2D eigenvalue weighted by atomic mass is 9.92. The van der Waals surface area contributed by atoms with Crippen LogP contribution in [0.5, 0.6) is 0 Å². The molecule has 2 aliphatic heterocycles. The highest BCUT2D eigenvalue weighted by Crippen LogP contribution is 2.28. The molecule has 1 saturated heterocycles. The molecule has 0 saturated carbocycles. The lowest BCUT2D eigenvalue weighted by Crippen LogP contribution is -2.20. The topological polar surface area (TPSA) is 94.0 Å². The number of amides is 1. The van der Waals surface area contributed by atoms with Gasteiger partial charge in [0.25, 0.3) is 0 Å². The third-order valence-electron chi connectivity index (χ3n) is 5.25. The number of halogens is 1. The SMILES string of the molecule is O=C(CC1CCS(=O)(=O)C1)Nc1nc2n(n1)CC(c1ccc(F)cc1)CC2. The first-order valence-electron chi connectivity index (χ1n) is 9.07. The van der Waals surface area contributed by atoms with Crippen LogP contribution in [0.4, 0.5) is 10.3 Å². The molecule has 2 aliphatic rings. The fourth-order valence-electron chi connectivity index (χ4n) is 3.84. The molecule has 1 aromatic heterocycles. The van der Waals surface area contributed by atoms with E-state index >= 15 is 0 Å². The van der Waals surface area contributed by atoms with E-state index in [1.165, 1.54) is 12.1 Å². The number of anilines is 1. The molecule has 0 spiro atoms. The number of hydrogen-bond acceptors (Lipinski definition) is 5. The second-order valence-electron chi connectivity index (χ2n) is 7.34. The second kappa shape index (κ2) is 7.03. The van der Waals surface area contributed by atoms with Gasteiger partial charge in [-0.2, -0.15) is 4.98 Å². The van der Waals surface area contributed by atoms with Gasteiger partial charge in [-0.05, 0) is 36.5 Å².